The van der Waals surface area contributed by atoms with Crippen molar-refractivity contribution < 1.29 is 14.4 Å². The molecule has 3 fully saturated rings. The highest BCUT2D eigenvalue weighted by atomic mass is 16.2. The average Bonchev–Trinajstić information content (AvgIpc) is 2.74. The molecule has 150 valence electrons. The molecule has 3 aliphatic rings. The number of carbonyl (C=O) groups excluding carboxylic acids is 3. The van der Waals surface area contributed by atoms with E-state index in [1.54, 1.807) is 4.90 Å². The number of imide groups is 1. The molecule has 3 aliphatic heterocycles. The Kier molecular flexibility index (Phi) is 5.50. The summed E-state index contributed by atoms with van der Waals surface area (Å²) in [6, 6.07) is 7.53. The molecule has 28 heavy (non-hydrogen) atoms. The summed E-state index contributed by atoms with van der Waals surface area (Å²) in [6.07, 6.45) is 5.64. The van der Waals surface area contributed by atoms with Crippen LogP contribution in [0.15, 0.2) is 24.3 Å². The van der Waals surface area contributed by atoms with Crippen molar-refractivity contribution in [3.8, 4) is 0 Å². The number of nitrogens with zero attached hydrogens (tertiary/aromatic N) is 3. The number of anilines is 2. The number of carbonyl (C=O) groups is 3. The van der Waals surface area contributed by atoms with E-state index in [9.17, 15) is 14.4 Å². The van der Waals surface area contributed by atoms with Crippen molar-refractivity contribution in [1.82, 2.24) is 10.2 Å². The summed E-state index contributed by atoms with van der Waals surface area (Å²) in [4.78, 5) is 41.9. The molecule has 3 heterocycles. The van der Waals surface area contributed by atoms with Crippen LogP contribution in [0.3, 0.4) is 0 Å². The van der Waals surface area contributed by atoms with Gasteiger partial charge < -0.3 is 9.80 Å². The highest BCUT2D eigenvalue weighted by molar-refractivity contribution is 6.05. The Labute approximate surface area is 165 Å². The minimum absolute atomic E-state index is 0.156. The first-order valence-corrected chi connectivity index (χ1v) is 10.4. The predicted octanol–water partition coefficient (Wildman–Crippen LogP) is 2.36. The first-order valence-electron chi connectivity index (χ1n) is 10.4. The zero-order chi connectivity index (χ0) is 19.5. The van der Waals surface area contributed by atoms with Gasteiger partial charge in [0.15, 0.2) is 0 Å². The maximum atomic E-state index is 12.7. The zero-order valence-corrected chi connectivity index (χ0v) is 16.2. The van der Waals surface area contributed by atoms with Crippen LogP contribution in [0.25, 0.3) is 0 Å². The van der Waals surface area contributed by atoms with E-state index in [0.717, 1.165) is 63.2 Å². The van der Waals surface area contributed by atoms with Crippen molar-refractivity contribution in [2.45, 2.75) is 38.5 Å². The summed E-state index contributed by atoms with van der Waals surface area (Å²) in [5.74, 6) is 0.281. The molecule has 0 saturated carbocycles. The van der Waals surface area contributed by atoms with Gasteiger partial charge in [0.25, 0.3) is 0 Å². The molecule has 0 aliphatic carbocycles. The van der Waals surface area contributed by atoms with Gasteiger partial charge in [0.05, 0.1) is 0 Å². The second kappa shape index (κ2) is 8.20. The third kappa shape index (κ3) is 3.98. The normalized spacial score (nSPS) is 21.6. The van der Waals surface area contributed by atoms with Crippen molar-refractivity contribution in [2.24, 2.45) is 5.92 Å². The Balaban J connectivity index is 1.33. The van der Waals surface area contributed by atoms with Gasteiger partial charge in [-0.25, -0.2) is 4.79 Å². The maximum Gasteiger partial charge on any atom is 0.328 e. The van der Waals surface area contributed by atoms with E-state index in [2.05, 4.69) is 15.1 Å². The van der Waals surface area contributed by atoms with E-state index in [0.29, 0.717) is 18.9 Å². The molecule has 0 spiro atoms. The zero-order valence-electron chi connectivity index (χ0n) is 16.2. The van der Waals surface area contributed by atoms with Crippen LogP contribution >= 0.6 is 0 Å². The molecule has 4 amide bonds. The van der Waals surface area contributed by atoms with Gasteiger partial charge in [0.2, 0.25) is 11.8 Å². The third-order valence-corrected chi connectivity index (χ3v) is 6.09. The number of hydrogen-bond donors (Lipinski definition) is 1. The topological polar surface area (TPSA) is 73.0 Å². The highest BCUT2D eigenvalue weighted by Gasteiger charge is 2.29. The molecule has 4 rings (SSSR count). The summed E-state index contributed by atoms with van der Waals surface area (Å²) in [6.45, 7) is 4.02. The molecule has 0 unspecified atom stereocenters. The van der Waals surface area contributed by atoms with Gasteiger partial charge in [0.1, 0.15) is 0 Å². The molecule has 1 aromatic rings. The Morgan fingerprint density at radius 2 is 1.50 bits per heavy atom. The number of benzene rings is 1. The fraction of sp³-hybridized carbons (Fsp3) is 0.571. The Morgan fingerprint density at radius 3 is 2.14 bits per heavy atom. The fourth-order valence-corrected chi connectivity index (χ4v) is 4.41. The smallest absolute Gasteiger partial charge is 0.328 e. The first kappa shape index (κ1) is 18.8. The maximum absolute atomic E-state index is 12.7. The quantitative estimate of drug-likeness (QED) is 0.868. The standard InChI is InChI=1S/C21H28N4O3/c26-19-10-15-25(21(28)22-19)18-6-4-17(5-7-18)23-13-8-16(9-14-23)20(27)24-11-2-1-3-12-24/h4-7,16H,1-3,8-15H2,(H,22,26,28). The molecule has 0 radical (unpaired) electrons. The molecule has 0 aromatic heterocycles. The van der Waals surface area contributed by atoms with E-state index >= 15 is 0 Å². The summed E-state index contributed by atoms with van der Waals surface area (Å²) in [7, 11) is 0. The summed E-state index contributed by atoms with van der Waals surface area (Å²) in [5.41, 5.74) is 1.91. The van der Waals surface area contributed by atoms with E-state index < -0.39 is 0 Å². The van der Waals surface area contributed by atoms with Crippen molar-refractivity contribution in [1.29, 1.82) is 0 Å². The summed E-state index contributed by atoms with van der Waals surface area (Å²) < 4.78 is 0. The average molecular weight is 384 g/mol. The SMILES string of the molecule is O=C1CCN(c2ccc(N3CCC(C(=O)N4CCCCC4)CC3)cc2)C(=O)N1. The monoisotopic (exact) mass is 384 g/mol. The number of likely N-dealkylation sites (tertiary alicyclic amines) is 1. The van der Waals surface area contributed by atoms with Gasteiger partial charge in [-0.2, -0.15) is 0 Å². The van der Waals surface area contributed by atoms with Crippen LogP contribution in [0.5, 0.6) is 0 Å². The lowest BCUT2D eigenvalue weighted by atomic mass is 9.94. The fourth-order valence-electron chi connectivity index (χ4n) is 4.41. The van der Waals surface area contributed by atoms with Crippen LogP contribution in [-0.2, 0) is 9.59 Å². The van der Waals surface area contributed by atoms with Crippen LogP contribution < -0.4 is 15.1 Å². The number of piperidine rings is 2. The molecule has 1 N–H and O–H groups in total. The van der Waals surface area contributed by atoms with Gasteiger partial charge >= 0.3 is 6.03 Å². The predicted molar refractivity (Wildman–Crippen MR) is 107 cm³/mol. The number of amides is 4. The molecule has 3 saturated heterocycles. The second-order valence-electron chi connectivity index (χ2n) is 7.92. The minimum Gasteiger partial charge on any atom is -0.371 e. The van der Waals surface area contributed by atoms with E-state index in [1.165, 1.54) is 6.42 Å². The molecule has 7 heteroatoms. The lowest BCUT2D eigenvalue weighted by Gasteiger charge is -2.36. The second-order valence-corrected chi connectivity index (χ2v) is 7.92. The number of urea groups is 1. The van der Waals surface area contributed by atoms with Gasteiger partial charge in [-0.3, -0.25) is 19.8 Å². The third-order valence-electron chi connectivity index (χ3n) is 6.09. The van der Waals surface area contributed by atoms with Crippen LogP contribution in [0.2, 0.25) is 0 Å². The number of nitrogens with one attached hydrogen (secondary N) is 1. The first-order chi connectivity index (χ1) is 13.6. The highest BCUT2D eigenvalue weighted by Crippen LogP contribution is 2.28. The number of hydrogen-bond acceptors (Lipinski definition) is 4. The molecule has 0 atom stereocenters. The molecule has 7 nitrogen and oxygen atoms in total. The summed E-state index contributed by atoms with van der Waals surface area (Å²) >= 11 is 0. The summed E-state index contributed by atoms with van der Waals surface area (Å²) in [5, 5.41) is 2.35. The molecule has 0 bridgehead atoms. The van der Waals surface area contributed by atoms with Gasteiger partial charge in [-0.1, -0.05) is 0 Å². The van der Waals surface area contributed by atoms with Crippen molar-refractivity contribution in [3.05, 3.63) is 24.3 Å². The molecular weight excluding hydrogens is 356 g/mol. The Hall–Kier alpha value is -2.57. The largest absolute Gasteiger partial charge is 0.371 e. The Bertz CT molecular complexity index is 735. The lowest BCUT2D eigenvalue weighted by molar-refractivity contribution is -0.137. The van der Waals surface area contributed by atoms with Crippen LogP contribution in [0, 0.1) is 5.92 Å². The van der Waals surface area contributed by atoms with Gasteiger partial charge in [0, 0.05) is 56.4 Å². The van der Waals surface area contributed by atoms with Crippen molar-refractivity contribution in [2.75, 3.05) is 42.5 Å². The van der Waals surface area contributed by atoms with Crippen LogP contribution in [0.1, 0.15) is 38.5 Å². The lowest BCUT2D eigenvalue weighted by Crippen LogP contribution is -2.49. The Morgan fingerprint density at radius 1 is 0.857 bits per heavy atom. The van der Waals surface area contributed by atoms with Crippen LogP contribution in [0.4, 0.5) is 16.2 Å². The van der Waals surface area contributed by atoms with E-state index in [-0.39, 0.29) is 17.9 Å². The van der Waals surface area contributed by atoms with Gasteiger partial charge in [-0.15, -0.1) is 0 Å². The van der Waals surface area contributed by atoms with E-state index in [1.807, 2.05) is 24.3 Å². The minimum atomic E-state index is -0.360. The molecule has 1 aromatic carbocycles. The number of rotatable bonds is 3. The van der Waals surface area contributed by atoms with Crippen molar-refractivity contribution in [3.63, 3.8) is 0 Å². The van der Waals surface area contributed by atoms with E-state index in [4.69, 9.17) is 0 Å². The van der Waals surface area contributed by atoms with Gasteiger partial charge in [-0.05, 0) is 56.4 Å². The van der Waals surface area contributed by atoms with Crippen LogP contribution in [-0.4, -0.2) is 55.5 Å². The van der Waals surface area contributed by atoms with Crippen molar-refractivity contribution >= 4 is 29.2 Å². The molecular formula is C21H28N4O3.